The van der Waals surface area contributed by atoms with Crippen molar-refractivity contribution in [2.75, 3.05) is 13.6 Å². The van der Waals surface area contributed by atoms with Crippen LogP contribution in [0.15, 0.2) is 24.3 Å². The van der Waals surface area contributed by atoms with Crippen LogP contribution in [-0.4, -0.2) is 19.5 Å². The van der Waals surface area contributed by atoms with Crippen LogP contribution in [0.5, 0.6) is 0 Å². The monoisotopic (exact) mass is 226 g/mol. The van der Waals surface area contributed by atoms with E-state index in [4.69, 9.17) is 11.6 Å². The molecule has 1 aromatic rings. The normalized spacial score (nSPS) is 12.2. The fourth-order valence-electron chi connectivity index (χ4n) is 1.20. The first-order valence-electron chi connectivity index (χ1n) is 4.83. The molecule has 1 aromatic carbocycles. The second-order valence-electron chi connectivity index (χ2n) is 3.33. The van der Waals surface area contributed by atoms with Gasteiger partial charge in [-0.25, -0.2) is 0 Å². The highest BCUT2D eigenvalue weighted by Crippen LogP contribution is 2.15. The maximum absolute atomic E-state index is 11.0. The summed E-state index contributed by atoms with van der Waals surface area (Å²) < 4.78 is 0. The van der Waals surface area contributed by atoms with Crippen molar-refractivity contribution in [2.45, 2.75) is 13.0 Å². The number of rotatable bonds is 4. The molecule has 15 heavy (non-hydrogen) atoms. The summed E-state index contributed by atoms with van der Waals surface area (Å²) in [5.41, 5.74) is 1.11. The Morgan fingerprint density at radius 3 is 2.53 bits per heavy atom. The molecule has 0 aliphatic heterocycles. The number of hydrogen-bond donors (Lipinski definition) is 2. The fraction of sp³-hybridized carbons (Fsp3) is 0.364. The van der Waals surface area contributed by atoms with Crippen LogP contribution in [0, 0.1) is 0 Å². The zero-order chi connectivity index (χ0) is 11.3. The van der Waals surface area contributed by atoms with E-state index >= 15 is 0 Å². The Kier molecular flexibility index (Phi) is 4.59. The summed E-state index contributed by atoms with van der Waals surface area (Å²) >= 11 is 5.78. The summed E-state index contributed by atoms with van der Waals surface area (Å²) in [6.45, 7) is 2.33. The number of carbonyl (C=O) groups excluding carboxylic acids is 1. The fourth-order valence-corrected chi connectivity index (χ4v) is 1.33. The van der Waals surface area contributed by atoms with Crippen molar-refractivity contribution in [3.05, 3.63) is 34.9 Å². The summed E-state index contributed by atoms with van der Waals surface area (Å²) in [5, 5.41) is 6.39. The van der Waals surface area contributed by atoms with Gasteiger partial charge < -0.3 is 10.6 Å². The van der Waals surface area contributed by atoms with Crippen LogP contribution in [0.4, 0.5) is 0 Å². The zero-order valence-electron chi connectivity index (χ0n) is 8.88. The molecule has 0 radical (unpaired) electrons. The zero-order valence-corrected chi connectivity index (χ0v) is 9.64. The molecule has 1 amide bonds. The second-order valence-corrected chi connectivity index (χ2v) is 3.76. The summed E-state index contributed by atoms with van der Waals surface area (Å²) in [4.78, 5) is 11.0. The lowest BCUT2D eigenvalue weighted by Crippen LogP contribution is -2.32. The standard InChI is InChI=1S/C11H15ClN2O/c1-8(14-7-11(15)13-2)9-3-5-10(12)6-4-9/h3-6,8,14H,7H2,1-2H3,(H,13,15)/t8-/m1/s1. The third-order valence-electron chi connectivity index (χ3n) is 2.22. The third-order valence-corrected chi connectivity index (χ3v) is 2.47. The lowest BCUT2D eigenvalue weighted by Gasteiger charge is -2.13. The predicted octanol–water partition coefficient (Wildman–Crippen LogP) is 1.74. The Hall–Kier alpha value is -1.06. The lowest BCUT2D eigenvalue weighted by molar-refractivity contribution is -0.119. The maximum atomic E-state index is 11.0. The van der Waals surface area contributed by atoms with E-state index in [1.165, 1.54) is 0 Å². The molecule has 82 valence electrons. The predicted molar refractivity (Wildman–Crippen MR) is 61.9 cm³/mol. The van der Waals surface area contributed by atoms with Crippen LogP contribution in [0.2, 0.25) is 5.02 Å². The first-order chi connectivity index (χ1) is 7.13. The Labute approximate surface area is 94.8 Å². The van der Waals surface area contributed by atoms with Gasteiger partial charge in [0, 0.05) is 18.1 Å². The van der Waals surface area contributed by atoms with E-state index in [2.05, 4.69) is 10.6 Å². The molecule has 0 aliphatic rings. The van der Waals surface area contributed by atoms with Gasteiger partial charge in [-0.15, -0.1) is 0 Å². The molecular formula is C11H15ClN2O. The second kappa shape index (κ2) is 5.73. The van der Waals surface area contributed by atoms with Crippen molar-refractivity contribution in [1.29, 1.82) is 0 Å². The van der Waals surface area contributed by atoms with Gasteiger partial charge in [0.15, 0.2) is 0 Å². The van der Waals surface area contributed by atoms with Crippen molar-refractivity contribution in [3.63, 3.8) is 0 Å². The number of benzene rings is 1. The van der Waals surface area contributed by atoms with Crippen LogP contribution in [0.1, 0.15) is 18.5 Å². The first kappa shape index (κ1) is 12.0. The van der Waals surface area contributed by atoms with Crippen LogP contribution in [-0.2, 0) is 4.79 Å². The van der Waals surface area contributed by atoms with Gasteiger partial charge in [0.1, 0.15) is 0 Å². The van der Waals surface area contributed by atoms with Crippen LogP contribution in [0.25, 0.3) is 0 Å². The minimum Gasteiger partial charge on any atom is -0.358 e. The van der Waals surface area contributed by atoms with Crippen LogP contribution >= 0.6 is 11.6 Å². The van der Waals surface area contributed by atoms with E-state index in [9.17, 15) is 4.79 Å². The molecule has 0 bridgehead atoms. The Bertz CT molecular complexity index is 324. The van der Waals surface area contributed by atoms with Crippen LogP contribution in [0.3, 0.4) is 0 Å². The average Bonchev–Trinajstić information content (AvgIpc) is 2.26. The summed E-state index contributed by atoms with van der Waals surface area (Å²) in [6.07, 6.45) is 0. The van der Waals surface area contributed by atoms with Gasteiger partial charge in [-0.3, -0.25) is 4.79 Å². The van der Waals surface area contributed by atoms with Gasteiger partial charge in [-0.1, -0.05) is 23.7 Å². The van der Waals surface area contributed by atoms with Gasteiger partial charge in [0.25, 0.3) is 0 Å². The molecular weight excluding hydrogens is 212 g/mol. The molecule has 0 unspecified atom stereocenters. The maximum Gasteiger partial charge on any atom is 0.233 e. The number of nitrogens with one attached hydrogen (secondary N) is 2. The topological polar surface area (TPSA) is 41.1 Å². The van der Waals surface area contributed by atoms with Gasteiger partial charge in [-0.05, 0) is 24.6 Å². The molecule has 4 heteroatoms. The smallest absolute Gasteiger partial charge is 0.233 e. The summed E-state index contributed by atoms with van der Waals surface area (Å²) in [7, 11) is 1.62. The highest BCUT2D eigenvalue weighted by atomic mass is 35.5. The van der Waals surface area contributed by atoms with Gasteiger partial charge >= 0.3 is 0 Å². The van der Waals surface area contributed by atoms with Crippen molar-refractivity contribution in [2.24, 2.45) is 0 Å². The van der Waals surface area contributed by atoms with E-state index in [-0.39, 0.29) is 11.9 Å². The quantitative estimate of drug-likeness (QED) is 0.821. The van der Waals surface area contributed by atoms with Crippen molar-refractivity contribution in [1.82, 2.24) is 10.6 Å². The Morgan fingerprint density at radius 2 is 2.00 bits per heavy atom. The molecule has 0 spiro atoms. The molecule has 3 nitrogen and oxygen atoms in total. The molecule has 2 N–H and O–H groups in total. The first-order valence-corrected chi connectivity index (χ1v) is 5.20. The Morgan fingerprint density at radius 1 is 1.40 bits per heavy atom. The van der Waals surface area contributed by atoms with Gasteiger partial charge in [-0.2, -0.15) is 0 Å². The number of amides is 1. The van der Waals surface area contributed by atoms with E-state index < -0.39 is 0 Å². The number of likely N-dealkylation sites (N-methyl/N-ethyl adjacent to an activating group) is 1. The lowest BCUT2D eigenvalue weighted by atomic mass is 10.1. The van der Waals surface area contributed by atoms with E-state index in [1.54, 1.807) is 7.05 Å². The number of hydrogen-bond acceptors (Lipinski definition) is 2. The SMILES string of the molecule is CNC(=O)CN[C@H](C)c1ccc(Cl)cc1. The van der Waals surface area contributed by atoms with E-state index in [1.807, 2.05) is 31.2 Å². The molecule has 0 aliphatic carbocycles. The molecule has 0 saturated heterocycles. The molecule has 0 heterocycles. The van der Waals surface area contributed by atoms with Crippen molar-refractivity contribution in [3.8, 4) is 0 Å². The minimum absolute atomic E-state index is 0.0178. The average molecular weight is 227 g/mol. The highest BCUT2D eigenvalue weighted by Gasteiger charge is 2.06. The molecule has 0 fully saturated rings. The van der Waals surface area contributed by atoms with Gasteiger partial charge in [0.2, 0.25) is 5.91 Å². The van der Waals surface area contributed by atoms with E-state index in [0.717, 1.165) is 10.6 Å². The molecule has 0 saturated carbocycles. The minimum atomic E-state index is -0.0178. The molecule has 0 aromatic heterocycles. The van der Waals surface area contributed by atoms with Crippen molar-refractivity contribution >= 4 is 17.5 Å². The summed E-state index contributed by atoms with van der Waals surface area (Å²) in [6, 6.07) is 7.72. The van der Waals surface area contributed by atoms with Gasteiger partial charge in [0.05, 0.1) is 6.54 Å². The molecule has 1 rings (SSSR count). The number of halogens is 1. The largest absolute Gasteiger partial charge is 0.358 e. The summed E-state index contributed by atoms with van der Waals surface area (Å²) in [5.74, 6) is -0.0178. The molecule has 1 atom stereocenters. The Balaban J connectivity index is 2.50. The highest BCUT2D eigenvalue weighted by molar-refractivity contribution is 6.30. The van der Waals surface area contributed by atoms with E-state index in [0.29, 0.717) is 6.54 Å². The van der Waals surface area contributed by atoms with Crippen LogP contribution < -0.4 is 10.6 Å². The number of carbonyl (C=O) groups is 1. The third kappa shape index (κ3) is 3.90. The van der Waals surface area contributed by atoms with Crippen molar-refractivity contribution < 1.29 is 4.79 Å².